The van der Waals surface area contributed by atoms with Gasteiger partial charge in [-0.25, -0.2) is 0 Å². The van der Waals surface area contributed by atoms with E-state index in [1.807, 2.05) is 12.1 Å². The molecule has 1 aliphatic heterocycles. The second kappa shape index (κ2) is 5.34. The summed E-state index contributed by atoms with van der Waals surface area (Å²) in [7, 11) is 0. The highest BCUT2D eigenvalue weighted by Crippen LogP contribution is 2.36. The van der Waals surface area contributed by atoms with Gasteiger partial charge in [-0.05, 0) is 40.5 Å². The Morgan fingerprint density at radius 1 is 0.947 bits per heavy atom. The Labute approximate surface area is 127 Å². The van der Waals surface area contributed by atoms with Crippen LogP contribution in [0.1, 0.15) is 27.6 Å². The first-order valence-corrected chi connectivity index (χ1v) is 7.13. The molecule has 2 aromatic rings. The number of hydrogen-bond acceptors (Lipinski definition) is 1. The summed E-state index contributed by atoms with van der Waals surface area (Å²) in [5.41, 5.74) is 4.26. The molecule has 1 aliphatic rings. The molecule has 3 rings (SSSR count). The lowest BCUT2D eigenvalue weighted by Gasteiger charge is -2.13. The third kappa shape index (κ3) is 2.61. The van der Waals surface area contributed by atoms with Gasteiger partial charge in [0.1, 0.15) is 0 Å². The number of ether oxygens (including phenoxy) is 1. The molecule has 1 nitrogen and oxygen atoms in total. The van der Waals surface area contributed by atoms with Crippen molar-refractivity contribution in [3.05, 3.63) is 68.7 Å². The van der Waals surface area contributed by atoms with E-state index >= 15 is 0 Å². The molecular formula is C15H11Cl3O. The van der Waals surface area contributed by atoms with Crippen LogP contribution >= 0.6 is 34.8 Å². The van der Waals surface area contributed by atoms with E-state index in [9.17, 15) is 0 Å². The van der Waals surface area contributed by atoms with Crippen LogP contribution < -0.4 is 0 Å². The highest BCUT2D eigenvalue weighted by atomic mass is 35.5. The quantitative estimate of drug-likeness (QED) is 0.679. The molecule has 0 saturated carbocycles. The maximum absolute atomic E-state index is 6.53. The molecule has 0 aromatic heterocycles. The average Bonchev–Trinajstić information content (AvgIpc) is 2.88. The van der Waals surface area contributed by atoms with Crippen LogP contribution in [-0.2, 0) is 18.0 Å². The molecule has 0 spiro atoms. The zero-order valence-electron chi connectivity index (χ0n) is 10.00. The molecule has 0 fully saturated rings. The van der Waals surface area contributed by atoms with Gasteiger partial charge in [0.25, 0.3) is 0 Å². The van der Waals surface area contributed by atoms with E-state index in [2.05, 4.69) is 12.1 Å². The van der Waals surface area contributed by atoms with E-state index < -0.39 is 0 Å². The summed E-state index contributed by atoms with van der Waals surface area (Å²) in [5, 5.41) is 0.952. The lowest BCUT2D eigenvalue weighted by atomic mass is 10.00. The van der Waals surface area contributed by atoms with Gasteiger partial charge in [-0.3, -0.25) is 0 Å². The van der Waals surface area contributed by atoms with Crippen molar-refractivity contribution in [1.82, 2.24) is 0 Å². The van der Waals surface area contributed by atoms with Gasteiger partial charge in [0, 0.05) is 10.0 Å². The summed E-state index contributed by atoms with van der Waals surface area (Å²) in [6, 6.07) is 11.5. The molecule has 0 bridgehead atoms. The van der Waals surface area contributed by atoms with Crippen LogP contribution in [0.2, 0.25) is 10.0 Å². The van der Waals surface area contributed by atoms with Crippen LogP contribution in [0, 0.1) is 0 Å². The van der Waals surface area contributed by atoms with Crippen LogP contribution in [0.15, 0.2) is 36.4 Å². The third-order valence-electron chi connectivity index (χ3n) is 3.27. The third-order valence-corrected chi connectivity index (χ3v) is 4.34. The zero-order valence-corrected chi connectivity index (χ0v) is 12.3. The first-order chi connectivity index (χ1) is 9.15. The van der Waals surface area contributed by atoms with Gasteiger partial charge in [0.05, 0.1) is 18.6 Å². The van der Waals surface area contributed by atoms with Crippen molar-refractivity contribution >= 4 is 34.8 Å². The summed E-state index contributed by atoms with van der Waals surface area (Å²) in [5.74, 6) is 0. The molecule has 0 saturated heterocycles. The summed E-state index contributed by atoms with van der Waals surface area (Å²) >= 11 is 18.7. The van der Waals surface area contributed by atoms with Gasteiger partial charge in [-0.1, -0.05) is 41.4 Å². The Hall–Kier alpha value is -0.730. The van der Waals surface area contributed by atoms with Crippen LogP contribution in [0.25, 0.3) is 0 Å². The van der Waals surface area contributed by atoms with Crippen molar-refractivity contribution in [3.8, 4) is 0 Å². The van der Waals surface area contributed by atoms with Crippen molar-refractivity contribution in [1.29, 1.82) is 0 Å². The Morgan fingerprint density at radius 3 is 2.58 bits per heavy atom. The van der Waals surface area contributed by atoms with Crippen molar-refractivity contribution in [2.75, 3.05) is 0 Å². The molecule has 98 valence electrons. The molecule has 0 amide bonds. The van der Waals surface area contributed by atoms with E-state index in [4.69, 9.17) is 39.5 Å². The lowest BCUT2D eigenvalue weighted by Crippen LogP contribution is -1.96. The van der Waals surface area contributed by atoms with Gasteiger partial charge in [-0.2, -0.15) is 0 Å². The monoisotopic (exact) mass is 312 g/mol. The lowest BCUT2D eigenvalue weighted by molar-refractivity contribution is 0.134. The van der Waals surface area contributed by atoms with Crippen molar-refractivity contribution < 1.29 is 4.74 Å². The minimum atomic E-state index is -0.308. The first kappa shape index (κ1) is 13.3. The fourth-order valence-electron chi connectivity index (χ4n) is 2.24. The molecule has 4 heteroatoms. The minimum absolute atomic E-state index is 0.308. The van der Waals surface area contributed by atoms with Crippen molar-refractivity contribution in [2.45, 2.75) is 18.6 Å². The highest BCUT2D eigenvalue weighted by molar-refractivity contribution is 6.35. The Morgan fingerprint density at radius 2 is 1.74 bits per heavy atom. The fraction of sp³-hybridized carbons (Fsp3) is 0.200. The summed E-state index contributed by atoms with van der Waals surface area (Å²) < 4.78 is 5.41. The molecule has 19 heavy (non-hydrogen) atoms. The number of halogens is 3. The minimum Gasteiger partial charge on any atom is -0.372 e. The average molecular weight is 314 g/mol. The topological polar surface area (TPSA) is 9.23 Å². The summed E-state index contributed by atoms with van der Waals surface area (Å²) in [4.78, 5) is 0. The molecule has 1 unspecified atom stereocenters. The predicted molar refractivity (Wildman–Crippen MR) is 79.1 cm³/mol. The molecule has 0 radical (unpaired) electrons. The number of rotatable bonds is 2. The summed E-state index contributed by atoms with van der Waals surface area (Å²) in [6.07, 6.45) is 0. The van der Waals surface area contributed by atoms with Crippen LogP contribution in [-0.4, -0.2) is 0 Å². The SMILES string of the molecule is Clc1ccc(Cl)c(C(Cl)c2ccc3c(c2)COC3)c1. The van der Waals surface area contributed by atoms with E-state index in [-0.39, 0.29) is 5.38 Å². The van der Waals surface area contributed by atoms with Gasteiger partial charge in [-0.15, -0.1) is 11.6 Å². The smallest absolute Gasteiger partial charge is 0.0850 e. The molecule has 0 N–H and O–H groups in total. The fourth-order valence-corrected chi connectivity index (χ4v) is 3.02. The van der Waals surface area contributed by atoms with E-state index in [0.29, 0.717) is 23.3 Å². The summed E-state index contributed by atoms with van der Waals surface area (Å²) in [6.45, 7) is 1.33. The molecule has 0 aliphatic carbocycles. The first-order valence-electron chi connectivity index (χ1n) is 5.93. The maximum atomic E-state index is 6.53. The largest absolute Gasteiger partial charge is 0.372 e. The Balaban J connectivity index is 1.99. The van der Waals surface area contributed by atoms with Gasteiger partial charge in [0.15, 0.2) is 0 Å². The second-order valence-electron chi connectivity index (χ2n) is 4.55. The Kier molecular flexibility index (Phi) is 3.72. The van der Waals surface area contributed by atoms with E-state index in [1.165, 1.54) is 11.1 Å². The van der Waals surface area contributed by atoms with Crippen molar-refractivity contribution in [3.63, 3.8) is 0 Å². The van der Waals surface area contributed by atoms with Gasteiger partial charge < -0.3 is 4.74 Å². The number of benzene rings is 2. The standard InChI is InChI=1S/C15H11Cl3O/c16-12-3-4-14(17)13(6-12)15(18)9-1-2-10-7-19-8-11(10)5-9/h1-6,15H,7-8H2. The number of hydrogen-bond donors (Lipinski definition) is 0. The van der Waals surface area contributed by atoms with E-state index in [0.717, 1.165) is 11.1 Å². The maximum Gasteiger partial charge on any atom is 0.0850 e. The second-order valence-corrected chi connectivity index (χ2v) is 5.83. The van der Waals surface area contributed by atoms with Crippen molar-refractivity contribution in [2.24, 2.45) is 0 Å². The van der Waals surface area contributed by atoms with Crippen LogP contribution in [0.5, 0.6) is 0 Å². The van der Waals surface area contributed by atoms with Gasteiger partial charge in [0.2, 0.25) is 0 Å². The molecule has 1 atom stereocenters. The number of fused-ring (bicyclic) bond motifs is 1. The number of alkyl halides is 1. The normalized spacial score (nSPS) is 15.3. The molecule has 2 aromatic carbocycles. The predicted octanol–water partition coefficient (Wildman–Crippen LogP) is 5.35. The molecular weight excluding hydrogens is 303 g/mol. The van der Waals surface area contributed by atoms with Crippen LogP contribution in [0.3, 0.4) is 0 Å². The zero-order chi connectivity index (χ0) is 13.4. The van der Waals surface area contributed by atoms with E-state index in [1.54, 1.807) is 12.1 Å². The highest BCUT2D eigenvalue weighted by Gasteiger charge is 2.18. The molecule has 1 heterocycles. The van der Waals surface area contributed by atoms with Gasteiger partial charge >= 0.3 is 0 Å². The Bertz CT molecular complexity index is 625. The van der Waals surface area contributed by atoms with Crippen LogP contribution in [0.4, 0.5) is 0 Å².